The molecule has 0 unspecified atom stereocenters. The van der Waals surface area contributed by atoms with Crippen molar-refractivity contribution in [2.24, 2.45) is 0 Å². The fraction of sp³-hybridized carbons (Fsp3) is 0.292. The lowest BCUT2D eigenvalue weighted by molar-refractivity contribution is -0.116. The molecule has 1 N–H and O–H groups in total. The van der Waals surface area contributed by atoms with Crippen LogP contribution in [0.1, 0.15) is 37.7 Å². The molecule has 3 aromatic rings. The third kappa shape index (κ3) is 5.95. The summed E-state index contributed by atoms with van der Waals surface area (Å²) in [6.45, 7) is 7.94. The van der Waals surface area contributed by atoms with Crippen LogP contribution in [0.3, 0.4) is 0 Å². The molecule has 0 aliphatic rings. The molecule has 0 aliphatic carbocycles. The molecule has 5 nitrogen and oxygen atoms in total. The maximum Gasteiger partial charge on any atom is 0.255 e. The molecule has 0 saturated heterocycles. The molecule has 0 atom stereocenters. The van der Waals surface area contributed by atoms with Crippen LogP contribution in [0.4, 0.5) is 5.69 Å². The highest BCUT2D eigenvalue weighted by Crippen LogP contribution is 2.28. The van der Waals surface area contributed by atoms with E-state index in [9.17, 15) is 9.59 Å². The zero-order valence-electron chi connectivity index (χ0n) is 18.5. The maximum absolute atomic E-state index is 13.1. The lowest BCUT2D eigenvalue weighted by Gasteiger charge is -2.19. The molecular formula is C24H27N3O2S2. The van der Waals surface area contributed by atoms with Crippen molar-refractivity contribution in [3.8, 4) is 0 Å². The van der Waals surface area contributed by atoms with Crippen LogP contribution in [0.25, 0.3) is 0 Å². The van der Waals surface area contributed by atoms with Gasteiger partial charge < -0.3 is 10.2 Å². The van der Waals surface area contributed by atoms with E-state index in [1.54, 1.807) is 36.2 Å². The predicted octanol–water partition coefficient (Wildman–Crippen LogP) is 5.38. The van der Waals surface area contributed by atoms with Crippen LogP contribution >= 0.6 is 23.1 Å². The van der Waals surface area contributed by atoms with Crippen molar-refractivity contribution in [2.75, 3.05) is 18.9 Å². The Morgan fingerprint density at radius 3 is 2.42 bits per heavy atom. The number of anilines is 1. The Morgan fingerprint density at radius 2 is 1.77 bits per heavy atom. The molecular weight excluding hydrogens is 426 g/mol. The first-order valence-electron chi connectivity index (χ1n) is 10.0. The van der Waals surface area contributed by atoms with Crippen LogP contribution < -0.4 is 5.32 Å². The van der Waals surface area contributed by atoms with E-state index in [1.165, 1.54) is 4.90 Å². The van der Waals surface area contributed by atoms with Crippen molar-refractivity contribution >= 4 is 40.6 Å². The molecule has 0 fully saturated rings. The van der Waals surface area contributed by atoms with Gasteiger partial charge in [0.2, 0.25) is 5.91 Å². The van der Waals surface area contributed by atoms with Gasteiger partial charge in [0.15, 0.2) is 0 Å². The van der Waals surface area contributed by atoms with Gasteiger partial charge in [-0.1, -0.05) is 29.8 Å². The number of nitrogens with zero attached hydrogens (tertiary/aromatic N) is 2. The minimum Gasteiger partial charge on any atom is -0.332 e. The lowest BCUT2D eigenvalue weighted by atomic mass is 10.1. The highest BCUT2D eigenvalue weighted by Gasteiger charge is 2.19. The number of thioether (sulfide) groups is 1. The second-order valence-electron chi connectivity index (χ2n) is 7.63. The summed E-state index contributed by atoms with van der Waals surface area (Å²) in [6.07, 6.45) is 0. The van der Waals surface area contributed by atoms with Gasteiger partial charge in [0.05, 0.1) is 22.8 Å². The standard InChI is InChI=1S/C24H27N3O2S2/c1-15-10-16(2)23(17(3)11-15)26-22(28)12-27(5)24(29)20-8-6-7-9-21(20)31-14-19-13-30-18(4)25-19/h6-11,13H,12,14H2,1-5H3,(H,26,28). The van der Waals surface area contributed by atoms with Crippen LogP contribution in [-0.4, -0.2) is 35.3 Å². The Hall–Kier alpha value is -2.64. The van der Waals surface area contributed by atoms with Crippen molar-refractivity contribution < 1.29 is 9.59 Å². The number of hydrogen-bond acceptors (Lipinski definition) is 5. The van der Waals surface area contributed by atoms with E-state index in [-0.39, 0.29) is 18.4 Å². The highest BCUT2D eigenvalue weighted by molar-refractivity contribution is 7.98. The largest absolute Gasteiger partial charge is 0.332 e. The number of amides is 2. The maximum atomic E-state index is 13.1. The van der Waals surface area contributed by atoms with Gasteiger partial charge in [-0.15, -0.1) is 23.1 Å². The van der Waals surface area contributed by atoms with Crippen molar-refractivity contribution in [3.05, 3.63) is 74.7 Å². The predicted molar refractivity (Wildman–Crippen MR) is 129 cm³/mol. The van der Waals surface area contributed by atoms with Crippen LogP contribution in [0, 0.1) is 27.7 Å². The second kappa shape index (κ2) is 10.1. The van der Waals surface area contributed by atoms with Crippen LogP contribution in [0.2, 0.25) is 0 Å². The molecule has 3 rings (SSSR count). The monoisotopic (exact) mass is 453 g/mol. The minimum atomic E-state index is -0.214. The Labute approximate surface area is 191 Å². The van der Waals surface area contributed by atoms with Crippen molar-refractivity contribution in [2.45, 2.75) is 38.3 Å². The smallest absolute Gasteiger partial charge is 0.255 e. The summed E-state index contributed by atoms with van der Waals surface area (Å²) in [4.78, 5) is 32.5. The summed E-state index contributed by atoms with van der Waals surface area (Å²) in [6, 6.07) is 11.6. The third-order valence-electron chi connectivity index (χ3n) is 4.83. The molecule has 1 aromatic heterocycles. The number of aromatic nitrogens is 1. The quantitative estimate of drug-likeness (QED) is 0.488. The van der Waals surface area contributed by atoms with Gasteiger partial charge in [-0.05, 0) is 51.0 Å². The topological polar surface area (TPSA) is 62.3 Å². The molecule has 0 spiro atoms. The number of carbonyl (C=O) groups excluding carboxylic acids is 2. The first-order valence-corrected chi connectivity index (χ1v) is 11.9. The molecule has 2 aromatic carbocycles. The first-order chi connectivity index (χ1) is 14.7. The fourth-order valence-electron chi connectivity index (χ4n) is 3.44. The normalized spacial score (nSPS) is 10.7. The van der Waals surface area contributed by atoms with Crippen molar-refractivity contribution in [3.63, 3.8) is 0 Å². The van der Waals surface area contributed by atoms with E-state index >= 15 is 0 Å². The lowest BCUT2D eigenvalue weighted by Crippen LogP contribution is -2.35. The van der Waals surface area contributed by atoms with E-state index in [0.717, 1.165) is 38.0 Å². The van der Waals surface area contributed by atoms with Crippen molar-refractivity contribution in [1.82, 2.24) is 9.88 Å². The number of hydrogen-bond donors (Lipinski definition) is 1. The number of likely N-dealkylation sites (N-methyl/N-ethyl adjacent to an activating group) is 1. The Bertz CT molecular complexity index is 1080. The molecule has 2 amide bonds. The van der Waals surface area contributed by atoms with Gasteiger partial charge in [-0.2, -0.15) is 0 Å². The van der Waals surface area contributed by atoms with Gasteiger partial charge in [0, 0.05) is 28.8 Å². The van der Waals surface area contributed by atoms with Gasteiger partial charge >= 0.3 is 0 Å². The summed E-state index contributed by atoms with van der Waals surface area (Å²) in [5, 5.41) is 6.03. The minimum absolute atomic E-state index is 0.0180. The van der Waals surface area contributed by atoms with Gasteiger partial charge in [0.25, 0.3) is 5.91 Å². The van der Waals surface area contributed by atoms with E-state index < -0.39 is 0 Å². The fourth-order valence-corrected chi connectivity index (χ4v) is 5.10. The number of carbonyl (C=O) groups is 2. The van der Waals surface area contributed by atoms with Crippen molar-refractivity contribution in [1.29, 1.82) is 0 Å². The third-order valence-corrected chi connectivity index (χ3v) is 6.76. The Morgan fingerprint density at radius 1 is 1.10 bits per heavy atom. The van der Waals surface area contributed by atoms with Crippen LogP contribution in [0.5, 0.6) is 0 Å². The Balaban J connectivity index is 1.66. The number of aryl methyl sites for hydroxylation is 4. The highest BCUT2D eigenvalue weighted by atomic mass is 32.2. The molecule has 31 heavy (non-hydrogen) atoms. The van der Waals surface area contributed by atoms with Crippen LogP contribution in [-0.2, 0) is 10.5 Å². The van der Waals surface area contributed by atoms with Crippen LogP contribution in [0.15, 0.2) is 46.7 Å². The number of rotatable bonds is 7. The second-order valence-corrected chi connectivity index (χ2v) is 9.71. The summed E-state index contributed by atoms with van der Waals surface area (Å²) in [7, 11) is 1.65. The number of nitrogens with one attached hydrogen (secondary N) is 1. The summed E-state index contributed by atoms with van der Waals surface area (Å²) >= 11 is 3.20. The van der Waals surface area contributed by atoms with E-state index in [2.05, 4.69) is 10.3 Å². The molecule has 0 saturated carbocycles. The zero-order chi connectivity index (χ0) is 22.5. The molecule has 0 radical (unpaired) electrons. The van der Waals surface area contributed by atoms with E-state index in [1.807, 2.05) is 63.4 Å². The number of benzene rings is 2. The molecule has 7 heteroatoms. The van der Waals surface area contributed by atoms with Gasteiger partial charge in [-0.3, -0.25) is 9.59 Å². The summed E-state index contributed by atoms with van der Waals surface area (Å²) in [5.41, 5.74) is 5.59. The zero-order valence-corrected chi connectivity index (χ0v) is 20.1. The molecule has 162 valence electrons. The van der Waals surface area contributed by atoms with Gasteiger partial charge in [0.1, 0.15) is 0 Å². The molecule has 0 aliphatic heterocycles. The number of thiazole rings is 1. The summed E-state index contributed by atoms with van der Waals surface area (Å²) < 4.78 is 0. The average Bonchev–Trinajstić information content (AvgIpc) is 3.14. The molecule has 0 bridgehead atoms. The summed E-state index contributed by atoms with van der Waals surface area (Å²) in [5.74, 6) is 0.309. The Kier molecular flexibility index (Phi) is 7.51. The SMILES string of the molecule is Cc1cc(C)c(NC(=O)CN(C)C(=O)c2ccccc2SCc2csc(C)n2)c(C)c1. The van der Waals surface area contributed by atoms with E-state index in [0.29, 0.717) is 11.3 Å². The first kappa shape index (κ1) is 23.0. The van der Waals surface area contributed by atoms with Gasteiger partial charge in [-0.25, -0.2) is 4.98 Å². The average molecular weight is 454 g/mol. The van der Waals surface area contributed by atoms with E-state index in [4.69, 9.17) is 0 Å². The molecule has 1 heterocycles.